The van der Waals surface area contributed by atoms with Gasteiger partial charge < -0.3 is 10.2 Å². The molecule has 3 nitrogen and oxygen atoms in total. The Morgan fingerprint density at radius 1 is 0.647 bits per heavy atom. The molecule has 0 saturated heterocycles. The third kappa shape index (κ3) is 27.8. The highest BCUT2D eigenvalue weighted by Crippen LogP contribution is 2.12. The number of carbonyl (C=O) groups is 1. The average Bonchev–Trinajstić information content (AvgIpc) is 2.83. The van der Waals surface area contributed by atoms with E-state index in [1.165, 1.54) is 103 Å². The van der Waals surface area contributed by atoms with Crippen LogP contribution in [0.5, 0.6) is 0 Å². The van der Waals surface area contributed by atoms with E-state index in [4.69, 9.17) is 11.5 Å². The van der Waals surface area contributed by atoms with E-state index >= 15 is 0 Å². The first-order chi connectivity index (χ1) is 16.7. The van der Waals surface area contributed by atoms with Gasteiger partial charge in [0.05, 0.1) is 0 Å². The van der Waals surface area contributed by atoms with Crippen LogP contribution in [0.25, 0.3) is 0 Å². The molecule has 0 aromatic heterocycles. The van der Waals surface area contributed by atoms with Crippen molar-refractivity contribution in [1.29, 1.82) is 0 Å². The summed E-state index contributed by atoms with van der Waals surface area (Å²) in [5.41, 5.74) is 0. The van der Waals surface area contributed by atoms with Crippen LogP contribution in [0.15, 0.2) is 36.5 Å². The van der Waals surface area contributed by atoms with Gasteiger partial charge in [-0.15, -0.1) is 6.42 Å². The zero-order valence-corrected chi connectivity index (χ0v) is 21.4. The quantitative estimate of drug-likeness (QED) is 0.0957. The van der Waals surface area contributed by atoms with Crippen LogP contribution in [-0.2, 0) is 4.79 Å². The van der Waals surface area contributed by atoms with Gasteiger partial charge in [0.25, 0.3) is 0 Å². The summed E-state index contributed by atoms with van der Waals surface area (Å²) in [5.74, 6) is 5.80. The maximum atomic E-state index is 10.2. The van der Waals surface area contributed by atoms with Gasteiger partial charge in [-0.05, 0) is 63.5 Å². The molecule has 0 fully saturated rings. The van der Waals surface area contributed by atoms with E-state index in [2.05, 4.69) is 29.9 Å². The molecule has 0 aliphatic carbocycles. The molecule has 0 bridgehead atoms. The maximum Gasteiger partial charge on any atom is 0.382 e. The largest absolute Gasteiger partial charge is 0.472 e. The van der Waals surface area contributed by atoms with Gasteiger partial charge in [0.15, 0.2) is 0 Å². The summed E-state index contributed by atoms with van der Waals surface area (Å²) in [6.45, 7) is 0. The summed E-state index contributed by atoms with van der Waals surface area (Å²) in [4.78, 5) is 10.2. The molecule has 0 aliphatic rings. The molecule has 0 unspecified atom stereocenters. The summed E-state index contributed by atoms with van der Waals surface area (Å²) in [6.07, 6.45) is 40.4. The Kier molecular flexibility index (Phi) is 25.2. The normalized spacial score (nSPS) is 12.2. The lowest BCUT2D eigenvalue weighted by Gasteiger charge is -2.01. The Morgan fingerprint density at radius 2 is 1.03 bits per heavy atom. The Morgan fingerprint density at radius 3 is 1.44 bits per heavy atom. The van der Waals surface area contributed by atoms with Crippen LogP contribution >= 0.6 is 0 Å². The van der Waals surface area contributed by atoms with Crippen molar-refractivity contribution in [3.63, 3.8) is 0 Å². The zero-order valence-electron chi connectivity index (χ0n) is 21.4. The van der Waals surface area contributed by atoms with Crippen LogP contribution in [0.4, 0.5) is 0 Å². The Labute approximate surface area is 209 Å². The van der Waals surface area contributed by atoms with Crippen molar-refractivity contribution >= 4 is 5.97 Å². The molecule has 0 aromatic carbocycles. The molecule has 0 rings (SSSR count). The van der Waals surface area contributed by atoms with Crippen molar-refractivity contribution in [2.45, 2.75) is 128 Å². The van der Waals surface area contributed by atoms with Gasteiger partial charge in [0.2, 0.25) is 0 Å². The van der Waals surface area contributed by atoms with Gasteiger partial charge >= 0.3 is 5.97 Å². The number of carboxylic acids is 1. The predicted molar refractivity (Wildman–Crippen MR) is 145 cm³/mol. The molecule has 190 valence electrons. The minimum Gasteiger partial charge on any atom is -0.472 e. The van der Waals surface area contributed by atoms with Gasteiger partial charge in [-0.1, -0.05) is 107 Å². The van der Waals surface area contributed by atoms with E-state index in [1.807, 2.05) is 12.2 Å². The van der Waals surface area contributed by atoms with Crippen LogP contribution in [-0.4, -0.2) is 22.3 Å². The number of carboxylic acid groups (broad SMARTS) is 1. The molecule has 0 aromatic rings. The highest BCUT2D eigenvalue weighted by molar-refractivity contribution is 5.86. The Bertz CT molecular complexity index is 654. The zero-order chi connectivity index (χ0) is 25.0. The molecule has 0 heterocycles. The minimum absolute atomic E-state index is 0.725. The molecule has 0 radical (unpaired) electrons. The molecule has 0 saturated carbocycles. The van der Waals surface area contributed by atoms with E-state index in [0.29, 0.717) is 0 Å². The summed E-state index contributed by atoms with van der Waals surface area (Å²) >= 11 is 0. The molecule has 3 heteroatoms. The fourth-order valence-corrected chi connectivity index (χ4v) is 3.76. The van der Waals surface area contributed by atoms with Gasteiger partial charge in [0, 0.05) is 5.92 Å². The molecular weight excluding hydrogens is 420 g/mol. The molecule has 1 atom stereocenters. The van der Waals surface area contributed by atoms with Gasteiger partial charge in [-0.25, -0.2) is 4.79 Å². The number of hydrogen-bond donors (Lipinski definition) is 2. The summed E-state index contributed by atoms with van der Waals surface area (Å²) < 4.78 is 0. The van der Waals surface area contributed by atoms with E-state index in [1.54, 1.807) is 12.2 Å². The number of allylic oxidation sites excluding steroid dienone is 5. The Balaban J connectivity index is 3.22. The fourth-order valence-electron chi connectivity index (χ4n) is 3.76. The summed E-state index contributed by atoms with van der Waals surface area (Å²) in [7, 11) is 0. The lowest BCUT2D eigenvalue weighted by molar-refractivity contribution is -0.130. The van der Waals surface area contributed by atoms with E-state index in [-0.39, 0.29) is 0 Å². The first-order valence-electron chi connectivity index (χ1n) is 13.5. The first-order valence-corrected chi connectivity index (χ1v) is 13.5. The van der Waals surface area contributed by atoms with Crippen LogP contribution in [0.3, 0.4) is 0 Å². The maximum absolute atomic E-state index is 10.2. The number of aliphatic hydroxyl groups is 1. The summed E-state index contributed by atoms with van der Waals surface area (Å²) in [5, 5.41) is 17.6. The number of rotatable bonds is 22. The predicted octanol–water partition coefficient (Wildman–Crippen LogP) is 8.15. The molecule has 34 heavy (non-hydrogen) atoms. The highest BCUT2D eigenvalue weighted by Gasteiger charge is 1.93. The van der Waals surface area contributed by atoms with E-state index < -0.39 is 12.1 Å². The van der Waals surface area contributed by atoms with Gasteiger partial charge in [-0.2, -0.15) is 0 Å². The highest BCUT2D eigenvalue weighted by atomic mass is 16.4. The monoisotopic (exact) mass is 468 g/mol. The van der Waals surface area contributed by atoms with Crippen LogP contribution in [0, 0.1) is 24.2 Å². The number of unbranched alkanes of at least 4 members (excludes halogenated alkanes) is 17. The molecule has 2 N–H and O–H groups in total. The SMILES string of the molecule is C#C[C@H](O)/C=C/CCCCCCCCC/C=C\CCCCCCCCCC/C=C\C#CC(=O)O. The number of aliphatic hydroxyl groups excluding tert-OH is 1. The number of hydrogen-bond acceptors (Lipinski definition) is 2. The fraction of sp³-hybridized carbons (Fsp3) is 0.645. The Hall–Kier alpha value is -2.23. The first kappa shape index (κ1) is 31.8. The van der Waals surface area contributed by atoms with Crippen LogP contribution in [0.1, 0.15) is 122 Å². The third-order valence-electron chi connectivity index (χ3n) is 5.77. The van der Waals surface area contributed by atoms with E-state index in [9.17, 15) is 9.90 Å². The number of aliphatic carboxylic acids is 1. The molecular formula is C31H48O3. The third-order valence-corrected chi connectivity index (χ3v) is 5.77. The van der Waals surface area contributed by atoms with Gasteiger partial charge in [-0.3, -0.25) is 0 Å². The smallest absolute Gasteiger partial charge is 0.382 e. The standard InChI is InChI=1S/C31H48O3/c1-2-30(32)28-26-24-22-20-18-16-14-12-10-8-6-4-3-5-7-9-11-13-15-17-19-21-23-25-27-29-31(33)34/h1,4,6,23,25-26,28,30,32H,3,5,7-22,24H2,(H,33,34)/b6-4-,25-23-,28-26+/t30-/m0/s1. The van der Waals surface area contributed by atoms with Crippen molar-refractivity contribution < 1.29 is 15.0 Å². The second kappa shape index (κ2) is 27.0. The molecule has 0 aliphatic heterocycles. The number of terminal acetylenes is 1. The topological polar surface area (TPSA) is 57.5 Å². The lowest BCUT2D eigenvalue weighted by Crippen LogP contribution is -1.95. The second-order valence-electron chi connectivity index (χ2n) is 8.95. The second-order valence-corrected chi connectivity index (χ2v) is 8.95. The molecule has 0 spiro atoms. The van der Waals surface area contributed by atoms with Crippen molar-refractivity contribution in [2.24, 2.45) is 0 Å². The minimum atomic E-state index is -1.07. The van der Waals surface area contributed by atoms with Crippen molar-refractivity contribution in [3.05, 3.63) is 36.5 Å². The van der Waals surface area contributed by atoms with E-state index in [0.717, 1.165) is 19.3 Å². The van der Waals surface area contributed by atoms with Crippen LogP contribution in [0.2, 0.25) is 0 Å². The van der Waals surface area contributed by atoms with Gasteiger partial charge in [0.1, 0.15) is 6.10 Å². The van der Waals surface area contributed by atoms with Crippen molar-refractivity contribution in [1.82, 2.24) is 0 Å². The molecule has 0 amide bonds. The van der Waals surface area contributed by atoms with Crippen LogP contribution < -0.4 is 0 Å². The van der Waals surface area contributed by atoms with Crippen molar-refractivity contribution in [2.75, 3.05) is 0 Å². The lowest BCUT2D eigenvalue weighted by atomic mass is 10.1. The average molecular weight is 469 g/mol. The summed E-state index contributed by atoms with van der Waals surface area (Å²) in [6, 6.07) is 0. The van der Waals surface area contributed by atoms with Crippen molar-refractivity contribution in [3.8, 4) is 24.2 Å².